The zero-order valence-electron chi connectivity index (χ0n) is 7.90. The van der Waals surface area contributed by atoms with Gasteiger partial charge in [0.05, 0.1) is 6.42 Å². The summed E-state index contributed by atoms with van der Waals surface area (Å²) in [4.78, 5) is 22.2. The molecule has 80 valence electrons. The Balaban J connectivity index is 2.68. The van der Waals surface area contributed by atoms with E-state index in [1.54, 1.807) is 0 Å². The number of nitrogens with zero attached hydrogens (tertiary/aromatic N) is 2. The van der Waals surface area contributed by atoms with E-state index in [2.05, 4.69) is 21.5 Å². The maximum absolute atomic E-state index is 11.4. The highest BCUT2D eigenvalue weighted by molar-refractivity contribution is 6.44. The molecule has 0 amide bonds. The molecule has 6 heteroatoms. The molecule has 15 heavy (non-hydrogen) atoms. The number of ketones is 1. The van der Waals surface area contributed by atoms with Crippen molar-refractivity contribution in [2.45, 2.75) is 12.8 Å². The molecule has 0 unspecified atom stereocenters. The van der Waals surface area contributed by atoms with Crippen LogP contribution >= 0.6 is 11.6 Å². The first-order valence-corrected chi connectivity index (χ1v) is 4.77. The van der Waals surface area contributed by atoms with Crippen LogP contribution in [0.3, 0.4) is 0 Å². The van der Waals surface area contributed by atoms with E-state index >= 15 is 0 Å². The van der Waals surface area contributed by atoms with Crippen molar-refractivity contribution >= 4 is 35.0 Å². The summed E-state index contributed by atoms with van der Waals surface area (Å²) in [6.07, 6.45) is 1.30. The number of hydrogen-bond donors (Lipinski definition) is 0. The van der Waals surface area contributed by atoms with Crippen LogP contribution in [0.15, 0.2) is 22.9 Å². The van der Waals surface area contributed by atoms with Gasteiger partial charge in [0, 0.05) is 18.4 Å². The molecule has 1 heterocycles. The number of Topliss-reactive ketones (excluding diaryl/α,β-unsaturated/α-hetero) is 1. The Hall–Kier alpha value is -1.49. The van der Waals surface area contributed by atoms with Crippen molar-refractivity contribution < 1.29 is 14.3 Å². The summed E-state index contributed by atoms with van der Waals surface area (Å²) in [5, 5.41) is 7.23. The lowest BCUT2D eigenvalue weighted by atomic mass is 10.1. The molecule has 1 aliphatic heterocycles. The first kappa shape index (κ1) is 11.6. The van der Waals surface area contributed by atoms with E-state index in [4.69, 9.17) is 11.6 Å². The molecule has 0 bridgehead atoms. The van der Waals surface area contributed by atoms with Gasteiger partial charge in [-0.05, 0) is 0 Å². The zero-order chi connectivity index (χ0) is 11.3. The maximum Gasteiger partial charge on any atom is 0.336 e. The van der Waals surface area contributed by atoms with Gasteiger partial charge in [0.2, 0.25) is 5.90 Å². The molecule has 0 aromatic rings. The molecular formula is C9H9ClN2O3. The predicted octanol–water partition coefficient (Wildman–Crippen LogP) is 1.07. The Labute approximate surface area is 91.5 Å². The molecule has 0 saturated heterocycles. The highest BCUT2D eigenvalue weighted by Gasteiger charge is 2.20. The zero-order valence-corrected chi connectivity index (χ0v) is 8.66. The number of rotatable bonds is 3. The van der Waals surface area contributed by atoms with Crippen molar-refractivity contribution in [3.05, 3.63) is 12.7 Å². The molecule has 0 saturated carbocycles. The number of carbonyl (C=O) groups is 2. The van der Waals surface area contributed by atoms with E-state index in [0.717, 1.165) is 6.08 Å². The van der Waals surface area contributed by atoms with Gasteiger partial charge in [-0.1, -0.05) is 6.58 Å². The van der Waals surface area contributed by atoms with Gasteiger partial charge in [0.15, 0.2) is 5.78 Å². The maximum atomic E-state index is 11.4. The summed E-state index contributed by atoms with van der Waals surface area (Å²) < 4.78 is 4.67. The van der Waals surface area contributed by atoms with Crippen LogP contribution < -0.4 is 0 Å². The molecule has 0 spiro atoms. The molecule has 0 radical (unpaired) electrons. The first-order valence-electron chi connectivity index (χ1n) is 4.24. The number of esters is 1. The highest BCUT2D eigenvalue weighted by Crippen LogP contribution is 2.06. The van der Waals surface area contributed by atoms with Crippen molar-refractivity contribution in [3.8, 4) is 0 Å². The van der Waals surface area contributed by atoms with E-state index in [-0.39, 0.29) is 18.1 Å². The lowest BCUT2D eigenvalue weighted by Gasteiger charge is -2.09. The van der Waals surface area contributed by atoms with Gasteiger partial charge in [-0.2, -0.15) is 0 Å². The van der Waals surface area contributed by atoms with Crippen LogP contribution in [0.4, 0.5) is 0 Å². The summed E-state index contributed by atoms with van der Waals surface area (Å²) >= 11 is 5.46. The predicted molar refractivity (Wildman–Crippen MR) is 56.1 cm³/mol. The monoisotopic (exact) mass is 228 g/mol. The number of halogens is 1. The van der Waals surface area contributed by atoms with Gasteiger partial charge in [-0.25, -0.2) is 4.79 Å². The lowest BCUT2D eigenvalue weighted by molar-refractivity contribution is -0.130. The van der Waals surface area contributed by atoms with Crippen LogP contribution in [0, 0.1) is 0 Å². The Bertz CT molecular complexity index is 360. The highest BCUT2D eigenvalue weighted by atomic mass is 35.5. The van der Waals surface area contributed by atoms with Gasteiger partial charge >= 0.3 is 5.97 Å². The van der Waals surface area contributed by atoms with Crippen LogP contribution in [0.5, 0.6) is 0 Å². The second-order valence-electron chi connectivity index (χ2n) is 2.70. The van der Waals surface area contributed by atoms with Gasteiger partial charge in [0.25, 0.3) is 0 Å². The van der Waals surface area contributed by atoms with Crippen molar-refractivity contribution in [1.29, 1.82) is 0 Å². The van der Waals surface area contributed by atoms with E-state index in [0.29, 0.717) is 18.0 Å². The van der Waals surface area contributed by atoms with Crippen LogP contribution in [0.2, 0.25) is 0 Å². The SMILES string of the molecule is C=CC(=O)OC1=NN=C(CCCl)C(=O)C1. The van der Waals surface area contributed by atoms with Gasteiger partial charge < -0.3 is 4.74 Å². The van der Waals surface area contributed by atoms with Crippen molar-refractivity contribution in [1.82, 2.24) is 0 Å². The number of alkyl halides is 1. The van der Waals surface area contributed by atoms with E-state index in [1.165, 1.54) is 0 Å². The standard InChI is InChI=1S/C9H9ClN2O3/c1-2-9(14)15-8-5-7(13)6(3-4-10)11-12-8/h2H,1,3-5H2. The Morgan fingerprint density at radius 3 is 2.87 bits per heavy atom. The fourth-order valence-electron chi connectivity index (χ4n) is 0.940. The smallest absolute Gasteiger partial charge is 0.336 e. The minimum Gasteiger partial charge on any atom is -0.406 e. The second kappa shape index (κ2) is 5.41. The van der Waals surface area contributed by atoms with Gasteiger partial charge in [-0.3, -0.25) is 4.79 Å². The quantitative estimate of drug-likeness (QED) is 0.412. The molecule has 1 aliphatic rings. The minimum atomic E-state index is -0.655. The molecule has 0 aliphatic carbocycles. The third-order valence-electron chi connectivity index (χ3n) is 1.63. The summed E-state index contributed by atoms with van der Waals surface area (Å²) in [7, 11) is 0. The third kappa shape index (κ3) is 3.28. The third-order valence-corrected chi connectivity index (χ3v) is 1.82. The van der Waals surface area contributed by atoms with Crippen molar-refractivity contribution in [2.75, 3.05) is 5.88 Å². The van der Waals surface area contributed by atoms with Crippen molar-refractivity contribution in [2.24, 2.45) is 10.2 Å². The second-order valence-corrected chi connectivity index (χ2v) is 3.08. The Kier molecular flexibility index (Phi) is 4.17. The molecule has 0 aromatic heterocycles. The molecule has 0 N–H and O–H groups in total. The lowest BCUT2D eigenvalue weighted by Crippen LogP contribution is -2.24. The average Bonchev–Trinajstić information content (AvgIpc) is 2.22. The molecule has 0 aromatic carbocycles. The molecule has 5 nitrogen and oxygen atoms in total. The summed E-state index contributed by atoms with van der Waals surface area (Å²) in [5.74, 6) is -0.583. The molecular weight excluding hydrogens is 220 g/mol. The van der Waals surface area contributed by atoms with E-state index < -0.39 is 5.97 Å². The topological polar surface area (TPSA) is 68.1 Å². The summed E-state index contributed by atoms with van der Waals surface area (Å²) in [5.41, 5.74) is 0.309. The van der Waals surface area contributed by atoms with Crippen LogP contribution in [0.1, 0.15) is 12.8 Å². The van der Waals surface area contributed by atoms with Gasteiger partial charge in [-0.15, -0.1) is 21.8 Å². The van der Waals surface area contributed by atoms with Crippen LogP contribution in [0.25, 0.3) is 0 Å². The average molecular weight is 229 g/mol. The first-order chi connectivity index (χ1) is 7.17. The van der Waals surface area contributed by atoms with E-state index in [9.17, 15) is 9.59 Å². The normalized spacial score (nSPS) is 15.4. The number of hydrogen-bond acceptors (Lipinski definition) is 5. The number of carbonyl (C=O) groups excluding carboxylic acids is 2. The Morgan fingerprint density at radius 2 is 2.33 bits per heavy atom. The van der Waals surface area contributed by atoms with E-state index in [1.807, 2.05) is 0 Å². The van der Waals surface area contributed by atoms with Crippen molar-refractivity contribution in [3.63, 3.8) is 0 Å². The molecule has 0 fully saturated rings. The minimum absolute atomic E-state index is 0.0109. The van der Waals surface area contributed by atoms with Crippen LogP contribution in [-0.4, -0.2) is 29.2 Å². The van der Waals surface area contributed by atoms with Crippen LogP contribution in [-0.2, 0) is 14.3 Å². The molecule has 0 atom stereocenters. The summed E-state index contributed by atoms with van der Waals surface area (Å²) in [6.45, 7) is 3.22. The largest absolute Gasteiger partial charge is 0.406 e. The molecule has 1 rings (SSSR count). The van der Waals surface area contributed by atoms with Gasteiger partial charge in [0.1, 0.15) is 5.71 Å². The fourth-order valence-corrected chi connectivity index (χ4v) is 1.12. The number of ether oxygens (including phenoxy) is 1. The Morgan fingerprint density at radius 1 is 1.60 bits per heavy atom. The fraction of sp³-hybridized carbons (Fsp3) is 0.333. The summed E-state index contributed by atoms with van der Waals surface area (Å²) in [6, 6.07) is 0.